The molecule has 0 amide bonds. The van der Waals surface area contributed by atoms with Crippen molar-refractivity contribution in [2.24, 2.45) is 0 Å². The van der Waals surface area contributed by atoms with Crippen molar-refractivity contribution in [3.05, 3.63) is 16.6 Å². The van der Waals surface area contributed by atoms with Crippen LogP contribution in [0, 0.1) is 0 Å². The molecular weight excluding hydrogens is 280 g/mol. The van der Waals surface area contributed by atoms with E-state index in [9.17, 15) is 0 Å². The number of hydrogen-bond donors (Lipinski definition) is 1. The van der Waals surface area contributed by atoms with Crippen LogP contribution in [0.5, 0.6) is 0 Å². The molecule has 8 heteroatoms. The molecule has 0 unspecified atom stereocenters. The van der Waals surface area contributed by atoms with Gasteiger partial charge in [0.25, 0.3) is 0 Å². The van der Waals surface area contributed by atoms with Crippen LogP contribution in [0.1, 0.15) is 25.6 Å². The Labute approximate surface area is 121 Å². The lowest BCUT2D eigenvalue weighted by molar-refractivity contribution is 0.396. The van der Waals surface area contributed by atoms with E-state index in [1.807, 2.05) is 16.4 Å². The van der Waals surface area contributed by atoms with E-state index in [2.05, 4.69) is 46.6 Å². The normalized spacial score (nSPS) is 11.9. The molecule has 0 aliphatic carbocycles. The fraction of sp³-hybridized carbons (Fsp3) is 0.636. The zero-order chi connectivity index (χ0) is 13.7. The van der Waals surface area contributed by atoms with E-state index in [1.165, 1.54) is 4.88 Å². The van der Waals surface area contributed by atoms with Crippen molar-refractivity contribution in [3.8, 4) is 0 Å². The molecule has 2 rings (SSSR count). The number of nitrogens with one attached hydrogen (secondary N) is 1. The molecule has 2 heterocycles. The Bertz CT molecular complexity index is 488. The second kappa shape index (κ2) is 6.44. The first-order chi connectivity index (χ1) is 9.04. The summed E-state index contributed by atoms with van der Waals surface area (Å²) >= 11 is 3.29. The van der Waals surface area contributed by atoms with E-state index < -0.39 is 0 Å². The molecule has 0 saturated heterocycles. The molecule has 0 saturated carbocycles. The van der Waals surface area contributed by atoms with Gasteiger partial charge in [-0.15, -0.1) is 16.4 Å². The lowest BCUT2D eigenvalue weighted by Crippen LogP contribution is -2.38. The zero-order valence-corrected chi connectivity index (χ0v) is 13.0. The molecule has 19 heavy (non-hydrogen) atoms. The molecule has 2 aromatic heterocycles. The predicted octanol–water partition coefficient (Wildman–Crippen LogP) is 1.81. The van der Waals surface area contributed by atoms with Gasteiger partial charge in [-0.25, -0.2) is 4.68 Å². The Morgan fingerprint density at radius 1 is 1.42 bits per heavy atom. The summed E-state index contributed by atoms with van der Waals surface area (Å²) in [6.07, 6.45) is 1.88. The van der Waals surface area contributed by atoms with Crippen LogP contribution in [0.15, 0.2) is 16.9 Å². The third-order valence-corrected chi connectivity index (χ3v) is 4.27. The second-order valence-corrected chi connectivity index (χ2v) is 7.03. The summed E-state index contributed by atoms with van der Waals surface area (Å²) in [4.78, 5) is 5.29. The van der Waals surface area contributed by atoms with E-state index in [4.69, 9.17) is 0 Å². The number of tetrazole rings is 1. The van der Waals surface area contributed by atoms with Gasteiger partial charge in [0.1, 0.15) is 0 Å². The number of aromatic nitrogens is 5. The molecule has 2 aromatic rings. The molecule has 0 aliphatic heterocycles. The zero-order valence-electron chi connectivity index (χ0n) is 11.3. The van der Waals surface area contributed by atoms with Crippen molar-refractivity contribution in [3.63, 3.8) is 0 Å². The minimum Gasteiger partial charge on any atom is -0.310 e. The SMILES string of the molecule is CC(C)(C)NCCn1nnnc1SCc1cncs1. The van der Waals surface area contributed by atoms with E-state index in [0.717, 1.165) is 24.0 Å². The van der Waals surface area contributed by atoms with Crippen LogP contribution >= 0.6 is 23.1 Å². The van der Waals surface area contributed by atoms with Gasteiger partial charge in [-0.2, -0.15) is 0 Å². The maximum absolute atomic E-state index is 4.06. The third kappa shape index (κ3) is 4.88. The predicted molar refractivity (Wildman–Crippen MR) is 77.2 cm³/mol. The van der Waals surface area contributed by atoms with Crippen molar-refractivity contribution in [1.29, 1.82) is 0 Å². The van der Waals surface area contributed by atoms with Crippen molar-refractivity contribution < 1.29 is 0 Å². The summed E-state index contributed by atoms with van der Waals surface area (Å²) in [7, 11) is 0. The van der Waals surface area contributed by atoms with Crippen LogP contribution in [0.4, 0.5) is 0 Å². The van der Waals surface area contributed by atoms with Crippen LogP contribution < -0.4 is 5.32 Å². The highest BCUT2D eigenvalue weighted by atomic mass is 32.2. The molecule has 104 valence electrons. The summed E-state index contributed by atoms with van der Waals surface area (Å²) in [5.74, 6) is 0.859. The highest BCUT2D eigenvalue weighted by Gasteiger charge is 2.11. The van der Waals surface area contributed by atoms with Crippen LogP contribution in [-0.2, 0) is 12.3 Å². The maximum Gasteiger partial charge on any atom is 0.209 e. The molecule has 0 atom stereocenters. The summed E-state index contributed by atoms with van der Waals surface area (Å²) in [6.45, 7) is 8.06. The molecule has 1 N–H and O–H groups in total. The van der Waals surface area contributed by atoms with Crippen LogP contribution in [0.25, 0.3) is 0 Å². The minimum absolute atomic E-state index is 0.115. The summed E-state index contributed by atoms with van der Waals surface area (Å²) in [5.41, 5.74) is 1.95. The third-order valence-electron chi connectivity index (χ3n) is 2.30. The van der Waals surface area contributed by atoms with Crippen molar-refractivity contribution in [1.82, 2.24) is 30.5 Å². The van der Waals surface area contributed by atoms with Gasteiger partial charge < -0.3 is 5.32 Å². The first-order valence-electron chi connectivity index (χ1n) is 6.06. The fourth-order valence-corrected chi connectivity index (χ4v) is 2.97. The van der Waals surface area contributed by atoms with E-state index in [-0.39, 0.29) is 5.54 Å². The molecule has 0 spiro atoms. The van der Waals surface area contributed by atoms with Gasteiger partial charge in [-0.1, -0.05) is 11.8 Å². The lowest BCUT2D eigenvalue weighted by Gasteiger charge is -2.20. The van der Waals surface area contributed by atoms with Gasteiger partial charge in [-0.3, -0.25) is 4.98 Å². The quantitative estimate of drug-likeness (QED) is 0.820. The summed E-state index contributed by atoms with van der Waals surface area (Å²) in [6, 6.07) is 0. The van der Waals surface area contributed by atoms with Crippen LogP contribution in [0.3, 0.4) is 0 Å². The molecular formula is C11H18N6S2. The van der Waals surface area contributed by atoms with Crippen molar-refractivity contribution in [2.45, 2.75) is 43.8 Å². The van der Waals surface area contributed by atoms with Gasteiger partial charge in [0.05, 0.1) is 12.1 Å². The van der Waals surface area contributed by atoms with Crippen molar-refractivity contribution in [2.75, 3.05) is 6.54 Å². The van der Waals surface area contributed by atoms with Gasteiger partial charge in [-0.05, 0) is 31.2 Å². The van der Waals surface area contributed by atoms with Crippen molar-refractivity contribution >= 4 is 23.1 Å². The fourth-order valence-electron chi connectivity index (χ4n) is 1.43. The van der Waals surface area contributed by atoms with E-state index in [1.54, 1.807) is 23.1 Å². The van der Waals surface area contributed by atoms with E-state index >= 15 is 0 Å². The largest absolute Gasteiger partial charge is 0.310 e. The standard InChI is InChI=1S/C11H18N6S2/c1-11(2,3)13-4-5-17-10(14-15-16-17)18-7-9-6-12-8-19-9/h6,8,13H,4-5,7H2,1-3H3. The Balaban J connectivity index is 1.83. The first kappa shape index (κ1) is 14.4. The minimum atomic E-state index is 0.115. The molecule has 6 nitrogen and oxygen atoms in total. The smallest absolute Gasteiger partial charge is 0.209 e. The molecule has 0 aliphatic rings. The first-order valence-corrected chi connectivity index (χ1v) is 7.92. The Kier molecular flexibility index (Phi) is 4.89. The average molecular weight is 298 g/mol. The topological polar surface area (TPSA) is 68.5 Å². The number of hydrogen-bond acceptors (Lipinski definition) is 7. The number of thiazole rings is 1. The van der Waals surface area contributed by atoms with Crippen LogP contribution in [0.2, 0.25) is 0 Å². The molecule has 0 aromatic carbocycles. The van der Waals surface area contributed by atoms with Gasteiger partial charge in [0, 0.05) is 28.9 Å². The monoisotopic (exact) mass is 298 g/mol. The summed E-state index contributed by atoms with van der Waals surface area (Å²) in [5, 5.41) is 16.1. The average Bonchev–Trinajstić information content (AvgIpc) is 2.95. The Hall–Kier alpha value is -0.990. The van der Waals surface area contributed by atoms with Gasteiger partial charge in [0.15, 0.2) is 0 Å². The second-order valence-electron chi connectivity index (χ2n) is 5.12. The van der Waals surface area contributed by atoms with Gasteiger partial charge >= 0.3 is 0 Å². The number of rotatable bonds is 6. The molecule has 0 fully saturated rings. The Morgan fingerprint density at radius 3 is 2.95 bits per heavy atom. The van der Waals surface area contributed by atoms with E-state index in [0.29, 0.717) is 0 Å². The maximum atomic E-state index is 4.06. The number of thioether (sulfide) groups is 1. The molecule has 0 bridgehead atoms. The lowest BCUT2D eigenvalue weighted by atomic mass is 10.1. The Morgan fingerprint density at radius 2 is 2.26 bits per heavy atom. The van der Waals surface area contributed by atoms with Gasteiger partial charge in [0.2, 0.25) is 5.16 Å². The summed E-state index contributed by atoms with van der Waals surface area (Å²) < 4.78 is 1.84. The highest BCUT2D eigenvalue weighted by molar-refractivity contribution is 7.98. The highest BCUT2D eigenvalue weighted by Crippen LogP contribution is 2.21. The number of nitrogens with zero attached hydrogens (tertiary/aromatic N) is 5. The van der Waals surface area contributed by atoms with Crippen LogP contribution in [-0.4, -0.2) is 37.3 Å². The molecule has 0 radical (unpaired) electrons.